The quantitative estimate of drug-likeness (QED) is 0.569. The lowest BCUT2D eigenvalue weighted by Gasteiger charge is -2.14. The number of rotatable bonds is 5. The topological polar surface area (TPSA) is 21.3 Å². The molecule has 0 fully saturated rings. The molecule has 0 amide bonds. The van der Waals surface area contributed by atoms with Crippen LogP contribution in [0.1, 0.15) is 27.2 Å². The van der Waals surface area contributed by atoms with Gasteiger partial charge in [-0.15, -0.1) is 0 Å². The summed E-state index contributed by atoms with van der Waals surface area (Å²) in [6.07, 6.45) is 1.31. The standard InChI is InChI=1S/C7H17NO/c1-4-7(8-5-2)9-6-3/h7-8H,4-6H2,1-3H3. The normalized spacial score (nSPS) is 13.7. The van der Waals surface area contributed by atoms with Crippen LogP contribution in [0.15, 0.2) is 0 Å². The Bertz CT molecular complexity index is 50.9. The molecular formula is C7H17NO. The molecule has 0 aromatic rings. The van der Waals surface area contributed by atoms with Crippen LogP contribution in [0.2, 0.25) is 0 Å². The lowest BCUT2D eigenvalue weighted by Crippen LogP contribution is -2.30. The summed E-state index contributed by atoms with van der Waals surface area (Å²) in [5.74, 6) is 0. The second-order valence-corrected chi connectivity index (χ2v) is 1.91. The van der Waals surface area contributed by atoms with Gasteiger partial charge in [0.15, 0.2) is 0 Å². The molecule has 0 spiro atoms. The highest BCUT2D eigenvalue weighted by Gasteiger charge is 1.99. The maximum absolute atomic E-state index is 5.32. The lowest BCUT2D eigenvalue weighted by molar-refractivity contribution is 0.0371. The first-order valence-electron chi connectivity index (χ1n) is 3.70. The molecule has 0 heterocycles. The van der Waals surface area contributed by atoms with E-state index in [1.54, 1.807) is 0 Å². The molecule has 1 N–H and O–H groups in total. The van der Waals surface area contributed by atoms with Crippen LogP contribution in [0.4, 0.5) is 0 Å². The Kier molecular flexibility index (Phi) is 5.99. The molecule has 0 saturated heterocycles. The van der Waals surface area contributed by atoms with Crippen LogP contribution in [-0.2, 0) is 4.74 Å². The van der Waals surface area contributed by atoms with Gasteiger partial charge in [0.1, 0.15) is 6.23 Å². The summed E-state index contributed by atoms with van der Waals surface area (Å²) >= 11 is 0. The highest BCUT2D eigenvalue weighted by Crippen LogP contribution is 1.91. The van der Waals surface area contributed by atoms with E-state index in [0.717, 1.165) is 19.6 Å². The molecule has 0 saturated carbocycles. The monoisotopic (exact) mass is 131 g/mol. The minimum Gasteiger partial charge on any atom is -0.364 e. The molecule has 1 atom stereocenters. The summed E-state index contributed by atoms with van der Waals surface area (Å²) in [7, 11) is 0. The minimum absolute atomic E-state index is 0.264. The second-order valence-electron chi connectivity index (χ2n) is 1.91. The van der Waals surface area contributed by atoms with Crippen molar-refractivity contribution in [2.75, 3.05) is 13.2 Å². The summed E-state index contributed by atoms with van der Waals surface area (Å²) < 4.78 is 5.32. The Morgan fingerprint density at radius 1 is 1.33 bits per heavy atom. The number of ether oxygens (including phenoxy) is 1. The Balaban J connectivity index is 3.18. The van der Waals surface area contributed by atoms with Crippen LogP contribution < -0.4 is 5.32 Å². The Hall–Kier alpha value is -0.0800. The molecule has 56 valence electrons. The fourth-order valence-electron chi connectivity index (χ4n) is 0.750. The molecule has 0 radical (unpaired) electrons. The van der Waals surface area contributed by atoms with Gasteiger partial charge in [0.25, 0.3) is 0 Å². The lowest BCUT2D eigenvalue weighted by atomic mass is 10.4. The highest BCUT2D eigenvalue weighted by atomic mass is 16.5. The van der Waals surface area contributed by atoms with E-state index in [9.17, 15) is 0 Å². The van der Waals surface area contributed by atoms with Crippen molar-refractivity contribution in [3.63, 3.8) is 0 Å². The molecule has 0 aromatic carbocycles. The molecular weight excluding hydrogens is 114 g/mol. The van der Waals surface area contributed by atoms with Crippen molar-refractivity contribution in [3.8, 4) is 0 Å². The number of hydrogen-bond acceptors (Lipinski definition) is 2. The minimum atomic E-state index is 0.264. The van der Waals surface area contributed by atoms with Crippen molar-refractivity contribution in [1.82, 2.24) is 5.32 Å². The van der Waals surface area contributed by atoms with E-state index in [0.29, 0.717) is 0 Å². The SMILES string of the molecule is CCNC(CC)OCC. The molecule has 0 aliphatic heterocycles. The third-order valence-electron chi connectivity index (χ3n) is 1.17. The molecule has 0 aliphatic carbocycles. The maximum atomic E-state index is 5.32. The van der Waals surface area contributed by atoms with Crippen LogP contribution in [0.5, 0.6) is 0 Å². The predicted molar refractivity (Wildman–Crippen MR) is 39.4 cm³/mol. The van der Waals surface area contributed by atoms with Gasteiger partial charge in [-0.25, -0.2) is 0 Å². The highest BCUT2D eigenvalue weighted by molar-refractivity contribution is 4.48. The summed E-state index contributed by atoms with van der Waals surface area (Å²) in [6, 6.07) is 0. The van der Waals surface area contributed by atoms with Crippen LogP contribution >= 0.6 is 0 Å². The zero-order chi connectivity index (χ0) is 7.11. The van der Waals surface area contributed by atoms with E-state index in [4.69, 9.17) is 4.74 Å². The Morgan fingerprint density at radius 3 is 2.33 bits per heavy atom. The van der Waals surface area contributed by atoms with Gasteiger partial charge in [-0.1, -0.05) is 13.8 Å². The van der Waals surface area contributed by atoms with Gasteiger partial charge in [0.05, 0.1) is 0 Å². The van der Waals surface area contributed by atoms with Crippen LogP contribution in [0.25, 0.3) is 0 Å². The van der Waals surface area contributed by atoms with Gasteiger partial charge in [-0.05, 0) is 19.9 Å². The molecule has 0 aromatic heterocycles. The van der Waals surface area contributed by atoms with Gasteiger partial charge in [0, 0.05) is 6.61 Å². The first-order chi connectivity index (χ1) is 4.35. The molecule has 1 unspecified atom stereocenters. The van der Waals surface area contributed by atoms with Gasteiger partial charge in [0.2, 0.25) is 0 Å². The van der Waals surface area contributed by atoms with E-state index in [1.165, 1.54) is 0 Å². The second kappa shape index (κ2) is 6.05. The first-order valence-corrected chi connectivity index (χ1v) is 3.70. The molecule has 0 rings (SSSR count). The maximum Gasteiger partial charge on any atom is 0.107 e. The fourth-order valence-corrected chi connectivity index (χ4v) is 0.750. The third kappa shape index (κ3) is 4.43. The van der Waals surface area contributed by atoms with Crippen LogP contribution in [-0.4, -0.2) is 19.4 Å². The van der Waals surface area contributed by atoms with Crippen LogP contribution in [0.3, 0.4) is 0 Å². The summed E-state index contributed by atoms with van der Waals surface area (Å²) in [5, 5.41) is 3.21. The largest absolute Gasteiger partial charge is 0.364 e. The predicted octanol–water partition coefficient (Wildman–Crippen LogP) is 1.37. The van der Waals surface area contributed by atoms with Crippen molar-refractivity contribution in [3.05, 3.63) is 0 Å². The Morgan fingerprint density at radius 2 is 2.00 bits per heavy atom. The third-order valence-corrected chi connectivity index (χ3v) is 1.17. The van der Waals surface area contributed by atoms with Crippen molar-refractivity contribution in [2.45, 2.75) is 33.4 Å². The van der Waals surface area contributed by atoms with Crippen molar-refractivity contribution in [2.24, 2.45) is 0 Å². The molecule has 9 heavy (non-hydrogen) atoms. The van der Waals surface area contributed by atoms with Gasteiger partial charge in [-0.2, -0.15) is 0 Å². The van der Waals surface area contributed by atoms with Crippen molar-refractivity contribution >= 4 is 0 Å². The van der Waals surface area contributed by atoms with E-state index in [1.807, 2.05) is 6.92 Å². The van der Waals surface area contributed by atoms with E-state index >= 15 is 0 Å². The summed E-state index contributed by atoms with van der Waals surface area (Å²) in [4.78, 5) is 0. The summed E-state index contributed by atoms with van der Waals surface area (Å²) in [5.41, 5.74) is 0. The smallest absolute Gasteiger partial charge is 0.107 e. The van der Waals surface area contributed by atoms with Crippen molar-refractivity contribution in [1.29, 1.82) is 0 Å². The van der Waals surface area contributed by atoms with Gasteiger partial charge >= 0.3 is 0 Å². The summed E-state index contributed by atoms with van der Waals surface area (Å²) in [6.45, 7) is 7.99. The van der Waals surface area contributed by atoms with Crippen molar-refractivity contribution < 1.29 is 4.74 Å². The zero-order valence-electron chi connectivity index (χ0n) is 6.61. The molecule has 0 aliphatic rings. The number of hydrogen-bond donors (Lipinski definition) is 1. The first kappa shape index (κ1) is 8.92. The molecule has 2 heteroatoms. The van der Waals surface area contributed by atoms with E-state index in [2.05, 4.69) is 19.2 Å². The number of nitrogens with one attached hydrogen (secondary N) is 1. The fraction of sp³-hybridized carbons (Fsp3) is 1.00. The average molecular weight is 131 g/mol. The zero-order valence-corrected chi connectivity index (χ0v) is 6.61. The Labute approximate surface area is 57.6 Å². The van der Waals surface area contributed by atoms with E-state index in [-0.39, 0.29) is 6.23 Å². The molecule has 2 nitrogen and oxygen atoms in total. The van der Waals surface area contributed by atoms with Gasteiger partial charge < -0.3 is 4.74 Å². The van der Waals surface area contributed by atoms with Gasteiger partial charge in [-0.3, -0.25) is 5.32 Å². The van der Waals surface area contributed by atoms with Crippen LogP contribution in [0, 0.1) is 0 Å². The van der Waals surface area contributed by atoms with E-state index < -0.39 is 0 Å². The average Bonchev–Trinajstić information content (AvgIpc) is 1.88. The molecule has 0 bridgehead atoms.